The highest BCUT2D eigenvalue weighted by molar-refractivity contribution is 7.92. The number of aryl methyl sites for hydroxylation is 1. The number of hydrogen-bond donors (Lipinski definition) is 1. The molecule has 9 nitrogen and oxygen atoms in total. The molecule has 0 saturated carbocycles. The van der Waals surface area contributed by atoms with Crippen LogP contribution in [-0.4, -0.2) is 51.8 Å². The highest BCUT2D eigenvalue weighted by atomic mass is 32.2. The molecule has 218 valence electrons. The summed E-state index contributed by atoms with van der Waals surface area (Å²) >= 11 is 1.58. The third-order valence-corrected chi connectivity index (χ3v) is 9.61. The van der Waals surface area contributed by atoms with Crippen molar-refractivity contribution in [3.63, 3.8) is 0 Å². The van der Waals surface area contributed by atoms with E-state index in [2.05, 4.69) is 10.3 Å². The number of nitrogens with one attached hydrogen (secondary N) is 1. The van der Waals surface area contributed by atoms with Crippen LogP contribution in [0.25, 0.3) is 54.2 Å². The molecule has 0 radical (unpaired) electrons. The van der Waals surface area contributed by atoms with E-state index >= 15 is 0 Å². The molecule has 1 N–H and O–H groups in total. The first-order valence-electron chi connectivity index (χ1n) is 13.3. The fourth-order valence-corrected chi connectivity index (χ4v) is 6.47. The van der Waals surface area contributed by atoms with Crippen LogP contribution in [0, 0.1) is 6.92 Å². The van der Waals surface area contributed by atoms with E-state index in [1.165, 1.54) is 14.2 Å². The summed E-state index contributed by atoms with van der Waals surface area (Å²) in [5.41, 5.74) is 4.07. The van der Waals surface area contributed by atoms with Gasteiger partial charge in [-0.15, -0.1) is 11.3 Å². The number of methoxy groups -OCH3 is 1. The molecule has 0 unspecified atom stereocenters. The van der Waals surface area contributed by atoms with Crippen molar-refractivity contribution < 1.29 is 22.4 Å². The molecule has 0 atom stereocenters. The van der Waals surface area contributed by atoms with Crippen molar-refractivity contribution in [2.75, 3.05) is 31.8 Å². The molecule has 0 spiro atoms. The number of aromatic nitrogens is 2. The van der Waals surface area contributed by atoms with Crippen LogP contribution in [-0.2, 0) is 10.0 Å². The van der Waals surface area contributed by atoms with Gasteiger partial charge < -0.3 is 14.5 Å². The number of nitrogens with zero attached hydrogens (tertiary/aromatic N) is 3. The second-order valence-electron chi connectivity index (χ2n) is 10.1. The first-order valence-corrected chi connectivity index (χ1v) is 16.0. The van der Waals surface area contributed by atoms with Crippen LogP contribution in [0.3, 0.4) is 0 Å². The van der Waals surface area contributed by atoms with Gasteiger partial charge >= 0.3 is 0 Å². The molecule has 3 heterocycles. The van der Waals surface area contributed by atoms with Crippen molar-refractivity contribution in [2.45, 2.75) is 6.92 Å². The number of carbonyl (C=O) groups excluding carboxylic acids is 1. The number of carbonyl (C=O) groups is 1. The van der Waals surface area contributed by atoms with Crippen LogP contribution in [0.1, 0.15) is 15.9 Å². The zero-order valence-electron chi connectivity index (χ0n) is 24.1. The summed E-state index contributed by atoms with van der Waals surface area (Å²) in [5, 5.41) is 4.28. The Kier molecular flexibility index (Phi) is 7.15. The summed E-state index contributed by atoms with van der Waals surface area (Å²) in [7, 11) is 0.779. The minimum atomic E-state index is -3.71. The Morgan fingerprint density at radius 2 is 1.81 bits per heavy atom. The normalized spacial score (nSPS) is 11.7. The number of furan rings is 1. The molecule has 43 heavy (non-hydrogen) atoms. The Labute approximate surface area is 252 Å². The lowest BCUT2D eigenvalue weighted by atomic mass is 10.0. The molecule has 6 rings (SSSR count). The maximum absolute atomic E-state index is 13.3. The Bertz CT molecular complexity index is 2100. The highest BCUT2D eigenvalue weighted by Gasteiger charge is 2.28. The van der Waals surface area contributed by atoms with E-state index in [0.717, 1.165) is 31.1 Å². The number of fused-ring (bicyclic) bond motifs is 2. The zero-order valence-corrected chi connectivity index (χ0v) is 25.8. The third kappa shape index (κ3) is 5.10. The van der Waals surface area contributed by atoms with Gasteiger partial charge in [0.1, 0.15) is 17.0 Å². The zero-order chi connectivity index (χ0) is 30.5. The standard InChI is InChI=1S/C32H28N4O5S2/c1-18-10-12-19(13-11-18)30-28(31(37)33-2)22-15-21(24(16-25(22)41-30)36(3)43(5,38)39)29-32(40-4)34-17-23(35-29)27-14-20-8-6-7-9-26(20)42-27/h6-17H,1-5H3,(H,33,37). The maximum atomic E-state index is 13.3. The van der Waals surface area contributed by atoms with Crippen molar-refractivity contribution in [3.05, 3.63) is 84.1 Å². The van der Waals surface area contributed by atoms with Crippen molar-refractivity contribution >= 4 is 54.0 Å². The first-order chi connectivity index (χ1) is 20.6. The molecule has 0 saturated heterocycles. The summed E-state index contributed by atoms with van der Waals surface area (Å²) < 4.78 is 39.8. The highest BCUT2D eigenvalue weighted by Crippen LogP contribution is 2.43. The van der Waals surface area contributed by atoms with Crippen LogP contribution >= 0.6 is 11.3 Å². The fourth-order valence-electron chi connectivity index (χ4n) is 4.95. The smallest absolute Gasteiger partial charge is 0.255 e. The predicted octanol–water partition coefficient (Wildman–Crippen LogP) is 6.51. The van der Waals surface area contributed by atoms with E-state index < -0.39 is 10.0 Å². The lowest BCUT2D eigenvalue weighted by Crippen LogP contribution is -2.25. The molecule has 11 heteroatoms. The molecule has 0 aliphatic carbocycles. The number of benzene rings is 3. The molecule has 3 aromatic heterocycles. The quantitative estimate of drug-likeness (QED) is 0.219. The van der Waals surface area contributed by atoms with Crippen LogP contribution < -0.4 is 14.4 Å². The Morgan fingerprint density at radius 3 is 2.49 bits per heavy atom. The topological polar surface area (TPSA) is 115 Å². The average Bonchev–Trinajstić information content (AvgIpc) is 3.61. The van der Waals surface area contributed by atoms with Crippen LogP contribution in [0.4, 0.5) is 5.69 Å². The first kappa shape index (κ1) is 28.4. The van der Waals surface area contributed by atoms with Crippen LogP contribution in [0.2, 0.25) is 0 Å². The van der Waals surface area contributed by atoms with Gasteiger partial charge in [0.25, 0.3) is 5.91 Å². The van der Waals surface area contributed by atoms with E-state index in [9.17, 15) is 13.2 Å². The number of anilines is 1. The summed E-state index contributed by atoms with van der Waals surface area (Å²) in [5.74, 6) is 0.231. The number of rotatable bonds is 7. The lowest BCUT2D eigenvalue weighted by Gasteiger charge is -2.21. The van der Waals surface area contributed by atoms with Crippen molar-refractivity contribution in [1.29, 1.82) is 0 Å². The second kappa shape index (κ2) is 10.8. The predicted molar refractivity (Wildman–Crippen MR) is 171 cm³/mol. The minimum absolute atomic E-state index is 0.205. The van der Waals surface area contributed by atoms with E-state index in [0.29, 0.717) is 50.5 Å². The summed E-state index contributed by atoms with van der Waals surface area (Å²) in [6.45, 7) is 1.98. The molecule has 0 aliphatic rings. The van der Waals surface area contributed by atoms with Crippen molar-refractivity contribution in [2.24, 2.45) is 0 Å². The number of amides is 1. The van der Waals surface area contributed by atoms with Gasteiger partial charge in [0.05, 0.1) is 41.4 Å². The molecule has 1 amide bonds. The minimum Gasteiger partial charge on any atom is -0.479 e. The number of hydrogen-bond acceptors (Lipinski definition) is 8. The largest absolute Gasteiger partial charge is 0.479 e. The SMILES string of the molecule is CNC(=O)c1c(-c2ccc(C)cc2)oc2cc(N(C)S(C)(=O)=O)c(-c3nc(-c4cc5ccccc5s4)cnc3OC)cc12. The maximum Gasteiger partial charge on any atom is 0.255 e. The molecule has 6 aromatic rings. The molecule has 0 fully saturated rings. The van der Waals surface area contributed by atoms with E-state index in [-0.39, 0.29) is 11.8 Å². The number of sulfonamides is 1. The van der Waals surface area contributed by atoms with Gasteiger partial charge in [0.15, 0.2) is 0 Å². The summed E-state index contributed by atoms with van der Waals surface area (Å²) in [4.78, 5) is 23.7. The molecule has 0 aliphatic heterocycles. The monoisotopic (exact) mass is 612 g/mol. The summed E-state index contributed by atoms with van der Waals surface area (Å²) in [6.07, 6.45) is 2.75. The van der Waals surface area contributed by atoms with Gasteiger partial charge in [-0.2, -0.15) is 0 Å². The van der Waals surface area contributed by atoms with Crippen LogP contribution in [0.5, 0.6) is 5.88 Å². The van der Waals surface area contributed by atoms with Gasteiger partial charge in [-0.25, -0.2) is 18.4 Å². The van der Waals surface area contributed by atoms with Gasteiger partial charge in [-0.1, -0.05) is 48.0 Å². The van der Waals surface area contributed by atoms with Crippen LogP contribution in [0.15, 0.2) is 77.3 Å². The van der Waals surface area contributed by atoms with E-state index in [1.54, 1.807) is 36.7 Å². The number of thiophene rings is 1. The number of ether oxygens (including phenoxy) is 1. The lowest BCUT2D eigenvalue weighted by molar-refractivity contribution is 0.0964. The van der Waals surface area contributed by atoms with Gasteiger partial charge in [-0.05, 0) is 30.5 Å². The van der Waals surface area contributed by atoms with Gasteiger partial charge in [-0.3, -0.25) is 9.10 Å². The van der Waals surface area contributed by atoms with Gasteiger partial charge in [0.2, 0.25) is 15.9 Å². The Morgan fingerprint density at radius 1 is 1.07 bits per heavy atom. The van der Waals surface area contributed by atoms with Crippen molar-refractivity contribution in [3.8, 4) is 39.0 Å². The molecular weight excluding hydrogens is 585 g/mol. The molecule has 3 aromatic carbocycles. The van der Waals surface area contributed by atoms with E-state index in [4.69, 9.17) is 14.1 Å². The molecule has 0 bridgehead atoms. The summed E-state index contributed by atoms with van der Waals surface area (Å²) in [6, 6.07) is 21.0. The Hall–Kier alpha value is -4.74. The van der Waals surface area contributed by atoms with Gasteiger partial charge in [0, 0.05) is 41.4 Å². The van der Waals surface area contributed by atoms with Crippen molar-refractivity contribution in [1.82, 2.24) is 15.3 Å². The third-order valence-electron chi connectivity index (χ3n) is 7.28. The average molecular weight is 613 g/mol. The Balaban J connectivity index is 1.65. The molecular formula is C32H28N4O5S2. The van der Waals surface area contributed by atoms with E-state index in [1.807, 2.05) is 61.5 Å². The second-order valence-corrected chi connectivity index (χ2v) is 13.2. The fraction of sp³-hybridized carbons (Fsp3) is 0.156.